The highest BCUT2D eigenvalue weighted by atomic mass is 16.7. The first-order chi connectivity index (χ1) is 30.9. The minimum absolute atomic E-state index is 0.0481. The summed E-state index contributed by atoms with van der Waals surface area (Å²) in [4.78, 5) is 25.4. The molecule has 3 aromatic rings. The Bertz CT molecular complexity index is 2070. The number of oxime groups is 1. The van der Waals surface area contributed by atoms with E-state index in [-0.39, 0.29) is 82.9 Å². The van der Waals surface area contributed by atoms with E-state index in [9.17, 15) is 20.6 Å². The molecule has 1 saturated heterocycles. The number of aliphatic hydroxyl groups is 3. The zero-order chi connectivity index (χ0) is 44.0. The molecule has 0 radical (unpaired) electrons. The quantitative estimate of drug-likeness (QED) is 0.0382. The topological polar surface area (TPSA) is 166 Å². The fourth-order valence-electron chi connectivity index (χ4n) is 9.67. The molecule has 4 aliphatic rings. The highest BCUT2D eigenvalue weighted by Crippen LogP contribution is 2.62. The van der Waals surface area contributed by atoms with E-state index in [0.29, 0.717) is 42.0 Å². The highest BCUT2D eigenvalue weighted by molar-refractivity contribution is 6.03. The summed E-state index contributed by atoms with van der Waals surface area (Å²) in [6.45, 7) is 8.31. The molecule has 0 spiro atoms. The zero-order valence-electron chi connectivity index (χ0n) is 36.2. The first kappa shape index (κ1) is 45.9. The highest BCUT2D eigenvalue weighted by Gasteiger charge is 2.65. The molecule has 0 unspecified atom stereocenters. The van der Waals surface area contributed by atoms with Crippen LogP contribution in [0.4, 0.5) is 0 Å². The van der Waals surface area contributed by atoms with Crippen LogP contribution in [-0.2, 0) is 20.9 Å². The van der Waals surface area contributed by atoms with Gasteiger partial charge in [0.1, 0.15) is 30.8 Å². The lowest BCUT2D eigenvalue weighted by molar-refractivity contribution is -0.254. The molecular formula is C50H62N4O9. The van der Waals surface area contributed by atoms with Crippen molar-refractivity contribution in [1.29, 1.82) is 5.26 Å². The average Bonchev–Trinajstić information content (AvgIpc) is 4.15. The van der Waals surface area contributed by atoms with Crippen LogP contribution in [0.25, 0.3) is 0 Å². The third-order valence-electron chi connectivity index (χ3n) is 12.7. The largest absolute Gasteiger partial charge is 0.492 e. The summed E-state index contributed by atoms with van der Waals surface area (Å²) in [7, 11) is 0. The van der Waals surface area contributed by atoms with E-state index in [0.717, 1.165) is 67.8 Å². The van der Waals surface area contributed by atoms with Gasteiger partial charge < -0.3 is 44.0 Å². The number of carbonyl (C=O) groups excluding carboxylic acids is 1. The normalized spacial score (nSPS) is 24.0. The van der Waals surface area contributed by atoms with Crippen molar-refractivity contribution in [2.45, 2.75) is 69.3 Å². The van der Waals surface area contributed by atoms with Crippen molar-refractivity contribution in [3.63, 3.8) is 0 Å². The number of amides is 1. The lowest BCUT2D eigenvalue weighted by Gasteiger charge is -2.60. The van der Waals surface area contributed by atoms with Crippen LogP contribution in [0.2, 0.25) is 0 Å². The summed E-state index contributed by atoms with van der Waals surface area (Å²) in [6, 6.07) is 23.8. The predicted octanol–water partition coefficient (Wildman–Crippen LogP) is 6.24. The van der Waals surface area contributed by atoms with Crippen LogP contribution >= 0.6 is 0 Å². The number of hydrogen-bond acceptors (Lipinski definition) is 12. The van der Waals surface area contributed by atoms with Gasteiger partial charge >= 0.3 is 0 Å². The minimum Gasteiger partial charge on any atom is -0.492 e. The van der Waals surface area contributed by atoms with Crippen molar-refractivity contribution in [2.75, 3.05) is 72.4 Å². The number of unbranched alkanes of at least 4 members (excludes halogenated alkanes) is 2. The lowest BCUT2D eigenvalue weighted by Crippen LogP contribution is -2.70. The van der Waals surface area contributed by atoms with Crippen molar-refractivity contribution in [1.82, 2.24) is 9.80 Å². The molecule has 1 amide bonds. The molecule has 13 nitrogen and oxygen atoms in total. The Kier molecular flexibility index (Phi) is 16.4. The summed E-state index contributed by atoms with van der Waals surface area (Å²) >= 11 is 0. The molecule has 2 aliphatic heterocycles. The van der Waals surface area contributed by atoms with E-state index in [1.54, 1.807) is 35.2 Å². The summed E-state index contributed by atoms with van der Waals surface area (Å²) in [5.74, 6) is -1.00. The van der Waals surface area contributed by atoms with Gasteiger partial charge in [0, 0.05) is 62.9 Å². The van der Waals surface area contributed by atoms with Crippen molar-refractivity contribution in [3.8, 4) is 17.6 Å². The van der Waals surface area contributed by atoms with E-state index in [1.165, 1.54) is 0 Å². The van der Waals surface area contributed by atoms with E-state index in [2.05, 4.69) is 29.7 Å². The number of rotatable bonds is 25. The van der Waals surface area contributed by atoms with Crippen LogP contribution in [0.1, 0.15) is 77.9 Å². The van der Waals surface area contributed by atoms with E-state index >= 15 is 4.79 Å². The molecule has 336 valence electrons. The fraction of sp³-hybridized carbons (Fsp3) is 0.500. The Morgan fingerprint density at radius 1 is 0.968 bits per heavy atom. The monoisotopic (exact) mass is 862 g/mol. The molecule has 1 saturated carbocycles. The van der Waals surface area contributed by atoms with Gasteiger partial charge in [0.25, 0.3) is 5.91 Å². The van der Waals surface area contributed by atoms with E-state index in [4.69, 9.17) is 28.9 Å². The van der Waals surface area contributed by atoms with Gasteiger partial charge in [0.15, 0.2) is 0 Å². The molecule has 3 N–H and O–H groups in total. The molecule has 7 rings (SSSR count). The molecule has 2 fully saturated rings. The molecule has 6 atom stereocenters. The molecule has 63 heavy (non-hydrogen) atoms. The van der Waals surface area contributed by atoms with Gasteiger partial charge in [-0.2, -0.15) is 5.26 Å². The zero-order valence-corrected chi connectivity index (χ0v) is 36.2. The van der Waals surface area contributed by atoms with Crippen LogP contribution in [0, 0.1) is 29.1 Å². The van der Waals surface area contributed by atoms with Gasteiger partial charge in [-0.05, 0) is 91.1 Å². The first-order valence-electron chi connectivity index (χ1n) is 22.5. The van der Waals surface area contributed by atoms with Crippen LogP contribution < -0.4 is 9.47 Å². The summed E-state index contributed by atoms with van der Waals surface area (Å²) in [6.07, 6.45) is 8.79. The van der Waals surface area contributed by atoms with Crippen LogP contribution in [0.15, 0.2) is 102 Å². The lowest BCUT2D eigenvalue weighted by atomic mass is 9.55. The molecule has 2 heterocycles. The van der Waals surface area contributed by atoms with Gasteiger partial charge in [-0.1, -0.05) is 60.5 Å². The summed E-state index contributed by atoms with van der Waals surface area (Å²) in [5, 5.41) is 44.1. The second-order valence-electron chi connectivity index (χ2n) is 16.7. The van der Waals surface area contributed by atoms with Gasteiger partial charge in [-0.15, -0.1) is 6.58 Å². The van der Waals surface area contributed by atoms with Crippen molar-refractivity contribution in [3.05, 3.63) is 119 Å². The number of carbonyl (C=O) groups is 1. The maximum atomic E-state index is 15.1. The number of benzene rings is 3. The van der Waals surface area contributed by atoms with Crippen LogP contribution in [0.3, 0.4) is 0 Å². The third-order valence-corrected chi connectivity index (χ3v) is 12.7. The maximum absolute atomic E-state index is 15.1. The fourth-order valence-corrected chi connectivity index (χ4v) is 9.67. The molecule has 0 aromatic heterocycles. The number of fused-ring (bicyclic) bond motifs is 2. The molecule has 13 heteroatoms. The van der Waals surface area contributed by atoms with Gasteiger partial charge in [-0.3, -0.25) is 9.69 Å². The number of allylic oxidation sites excluding steroid dienone is 1. The average molecular weight is 863 g/mol. The van der Waals surface area contributed by atoms with Crippen molar-refractivity contribution < 1.29 is 43.9 Å². The van der Waals surface area contributed by atoms with E-state index in [1.807, 2.05) is 42.5 Å². The van der Waals surface area contributed by atoms with Crippen LogP contribution in [-0.4, -0.2) is 121 Å². The van der Waals surface area contributed by atoms with Crippen molar-refractivity contribution in [2.24, 2.45) is 22.9 Å². The number of nitrogens with zero attached hydrogens (tertiary/aromatic N) is 4. The SMILES string of the molecule is C=CCO[C@@]12Oc3ccc(OCCN4CC4)cc3[C@H]3[C@H](CCCCO)[C@@H](CCCCO)C=C(C(=NOCc4ccccc4)C[C@@H]1N(CCOCCO)C(=O)c1ccc(C#N)cc1)[C@H]32. The molecule has 0 bridgehead atoms. The Balaban J connectivity index is 1.42. The van der Waals surface area contributed by atoms with E-state index < -0.39 is 17.7 Å². The van der Waals surface area contributed by atoms with Gasteiger partial charge in [-0.25, -0.2) is 0 Å². The van der Waals surface area contributed by atoms with Gasteiger partial charge in [0.05, 0.1) is 49.7 Å². The van der Waals surface area contributed by atoms with Crippen molar-refractivity contribution >= 4 is 11.6 Å². The third kappa shape index (κ3) is 11.0. The number of ether oxygens (including phenoxy) is 4. The maximum Gasteiger partial charge on any atom is 0.254 e. The molecular weight excluding hydrogens is 801 g/mol. The second-order valence-corrected chi connectivity index (χ2v) is 16.7. The van der Waals surface area contributed by atoms with Gasteiger partial charge in [0.2, 0.25) is 5.79 Å². The summed E-state index contributed by atoms with van der Waals surface area (Å²) in [5.41, 5.74) is 4.35. The summed E-state index contributed by atoms with van der Waals surface area (Å²) < 4.78 is 26.7. The Morgan fingerprint density at radius 2 is 1.75 bits per heavy atom. The molecule has 2 aliphatic carbocycles. The standard InChI is InChI=1S/C50H62N4O9/c1-2-27-61-50-46(54(23-28-59-30-26-57)49(58)38-16-14-36(34-51)15-17-38)33-44(52-62-35-37-10-4-3-5-11-37)42-31-39(12-6-8-24-55)41(13-7-9-25-56)47(48(42)50)43-32-40(18-19-45(43)63-50)60-29-22-53-20-21-53/h2-5,10-11,14-19,31-32,39,41,46-48,55-57H,1,6-9,12-13,20-30,33,35H2/t39-,41+,46-,47+,48+,50+/m0/s1. The first-order valence-corrected chi connectivity index (χ1v) is 22.5. The second kappa shape index (κ2) is 22.5. The Labute approximate surface area is 371 Å². The smallest absolute Gasteiger partial charge is 0.254 e. The Hall–Kier alpha value is -5.07. The molecule has 3 aromatic carbocycles. The predicted molar refractivity (Wildman–Crippen MR) is 238 cm³/mol. The number of aliphatic hydroxyl groups excluding tert-OH is 3. The number of hydrogen-bond donors (Lipinski definition) is 3. The number of nitriles is 1. The Morgan fingerprint density at radius 3 is 2.46 bits per heavy atom. The van der Waals surface area contributed by atoms with Crippen LogP contribution in [0.5, 0.6) is 11.5 Å². The minimum atomic E-state index is -1.47.